The lowest BCUT2D eigenvalue weighted by Crippen LogP contribution is -2.18. The SMILES string of the molecule is CC(C)(C)c1cc(CCC(=O)O)cc(C(C)(C)C)c1O.CC(C)(C)c1cc(CCC(=O)O)cc(C(C)(C)C)c1O.S. The largest absolute Gasteiger partial charge is 0.507 e. The van der Waals surface area contributed by atoms with E-state index in [9.17, 15) is 19.8 Å². The van der Waals surface area contributed by atoms with Gasteiger partial charge in [-0.25, -0.2) is 0 Å². The number of carboxylic acid groups (broad SMARTS) is 2. The molecular formula is C34H54O6S. The number of rotatable bonds is 6. The van der Waals surface area contributed by atoms with E-state index in [0.29, 0.717) is 24.3 Å². The number of aliphatic carboxylic acids is 2. The summed E-state index contributed by atoms with van der Waals surface area (Å²) in [6.45, 7) is 24.6. The van der Waals surface area contributed by atoms with Gasteiger partial charge in [0.15, 0.2) is 0 Å². The van der Waals surface area contributed by atoms with Crippen molar-refractivity contribution in [2.24, 2.45) is 0 Å². The highest BCUT2D eigenvalue weighted by Crippen LogP contribution is 2.41. The van der Waals surface area contributed by atoms with E-state index >= 15 is 0 Å². The van der Waals surface area contributed by atoms with Crippen LogP contribution < -0.4 is 0 Å². The summed E-state index contributed by atoms with van der Waals surface area (Å²) in [5, 5.41) is 38.8. The third kappa shape index (κ3) is 11.6. The number of benzene rings is 2. The highest BCUT2D eigenvalue weighted by Gasteiger charge is 2.27. The predicted molar refractivity (Wildman–Crippen MR) is 173 cm³/mol. The van der Waals surface area contributed by atoms with Crippen LogP contribution in [0.4, 0.5) is 0 Å². The van der Waals surface area contributed by atoms with E-state index in [1.165, 1.54) is 0 Å². The molecule has 0 heterocycles. The monoisotopic (exact) mass is 590 g/mol. The number of carboxylic acids is 2. The van der Waals surface area contributed by atoms with E-state index in [1.807, 2.05) is 24.3 Å². The van der Waals surface area contributed by atoms with E-state index in [4.69, 9.17) is 10.2 Å². The van der Waals surface area contributed by atoms with Crippen LogP contribution in [-0.2, 0) is 44.1 Å². The summed E-state index contributed by atoms with van der Waals surface area (Å²) >= 11 is 0. The number of aryl methyl sites for hydroxylation is 2. The molecule has 4 N–H and O–H groups in total. The van der Waals surface area contributed by atoms with Crippen LogP contribution in [0.5, 0.6) is 11.5 Å². The van der Waals surface area contributed by atoms with Gasteiger partial charge >= 0.3 is 11.9 Å². The van der Waals surface area contributed by atoms with E-state index in [2.05, 4.69) is 83.1 Å². The van der Waals surface area contributed by atoms with Gasteiger partial charge in [0.05, 0.1) is 0 Å². The van der Waals surface area contributed by atoms with Gasteiger partial charge < -0.3 is 20.4 Å². The Kier molecular flexibility index (Phi) is 13.1. The van der Waals surface area contributed by atoms with Gasteiger partial charge in [-0.05, 0) is 67.9 Å². The quantitative estimate of drug-likeness (QED) is 0.270. The van der Waals surface area contributed by atoms with Crippen LogP contribution in [0.2, 0.25) is 0 Å². The first-order valence-corrected chi connectivity index (χ1v) is 14.0. The molecule has 0 radical (unpaired) electrons. The van der Waals surface area contributed by atoms with Gasteiger partial charge in [-0.1, -0.05) is 107 Å². The smallest absolute Gasteiger partial charge is 0.303 e. The standard InChI is InChI=1S/2C17H26O3.H2S/c2*1-16(2,3)12-9-11(7-8-14(18)19)10-13(15(12)20)17(4,5)6;/h2*9-10,20H,7-8H2,1-6H3,(H,18,19);1H2. The fraction of sp³-hybridized carbons (Fsp3) is 0.588. The lowest BCUT2D eigenvalue weighted by molar-refractivity contribution is -0.138. The van der Waals surface area contributed by atoms with Crippen LogP contribution in [0, 0.1) is 0 Å². The Balaban J connectivity index is 0.000000762. The first kappa shape index (κ1) is 38.3. The summed E-state index contributed by atoms with van der Waals surface area (Å²) in [5.41, 5.74) is 4.76. The summed E-state index contributed by atoms with van der Waals surface area (Å²) in [7, 11) is 0. The van der Waals surface area contributed by atoms with Crippen LogP contribution in [0.25, 0.3) is 0 Å². The van der Waals surface area contributed by atoms with Crippen LogP contribution in [0.3, 0.4) is 0 Å². The molecule has 2 aromatic rings. The molecule has 0 unspecified atom stereocenters. The zero-order valence-corrected chi connectivity index (χ0v) is 28.2. The Morgan fingerprint density at radius 2 is 0.707 bits per heavy atom. The second-order valence-corrected chi connectivity index (χ2v) is 14.9. The molecule has 0 saturated heterocycles. The highest BCUT2D eigenvalue weighted by molar-refractivity contribution is 7.59. The molecule has 0 bridgehead atoms. The summed E-state index contributed by atoms with van der Waals surface area (Å²) in [6.07, 6.45) is 1.19. The van der Waals surface area contributed by atoms with Crippen molar-refractivity contribution in [2.45, 2.75) is 130 Å². The number of phenolic OH excluding ortho intramolecular Hbond substituents is 2. The number of hydrogen-bond acceptors (Lipinski definition) is 4. The fourth-order valence-corrected chi connectivity index (χ4v) is 4.47. The Hall–Kier alpha value is -2.67. The lowest BCUT2D eigenvalue weighted by Gasteiger charge is -2.28. The predicted octanol–water partition coefficient (Wildman–Crippen LogP) is 8.12. The van der Waals surface area contributed by atoms with Gasteiger partial charge in [0.1, 0.15) is 11.5 Å². The molecule has 0 aliphatic heterocycles. The van der Waals surface area contributed by atoms with Crippen molar-refractivity contribution in [3.63, 3.8) is 0 Å². The van der Waals surface area contributed by atoms with Gasteiger partial charge in [0, 0.05) is 12.8 Å². The van der Waals surface area contributed by atoms with Crippen molar-refractivity contribution in [2.75, 3.05) is 0 Å². The van der Waals surface area contributed by atoms with Crippen molar-refractivity contribution in [3.8, 4) is 11.5 Å². The molecule has 0 fully saturated rings. The van der Waals surface area contributed by atoms with Gasteiger partial charge in [0.25, 0.3) is 0 Å². The molecule has 7 heteroatoms. The van der Waals surface area contributed by atoms with Crippen molar-refractivity contribution in [3.05, 3.63) is 57.6 Å². The van der Waals surface area contributed by atoms with Gasteiger partial charge in [-0.15, -0.1) is 0 Å². The van der Waals surface area contributed by atoms with Crippen molar-refractivity contribution in [1.29, 1.82) is 0 Å². The number of hydrogen-bond donors (Lipinski definition) is 4. The van der Waals surface area contributed by atoms with E-state index < -0.39 is 11.9 Å². The van der Waals surface area contributed by atoms with E-state index in [1.54, 1.807) is 0 Å². The molecule has 0 saturated carbocycles. The molecule has 0 atom stereocenters. The van der Waals surface area contributed by atoms with Gasteiger partial charge in [-0.2, -0.15) is 13.5 Å². The van der Waals surface area contributed by atoms with Crippen LogP contribution in [0.15, 0.2) is 24.3 Å². The van der Waals surface area contributed by atoms with E-state index in [-0.39, 0.29) is 48.0 Å². The molecule has 2 rings (SSSR count). The molecule has 2 aromatic carbocycles. The summed E-state index contributed by atoms with van der Waals surface area (Å²) in [4.78, 5) is 21.5. The Morgan fingerprint density at radius 1 is 0.512 bits per heavy atom. The second-order valence-electron chi connectivity index (χ2n) is 14.9. The summed E-state index contributed by atoms with van der Waals surface area (Å²) in [5.74, 6) is -0.923. The minimum absolute atomic E-state index is 0. The van der Waals surface area contributed by atoms with Crippen LogP contribution >= 0.6 is 13.5 Å². The number of phenols is 2. The topological polar surface area (TPSA) is 115 Å². The second kappa shape index (κ2) is 14.0. The van der Waals surface area contributed by atoms with Crippen molar-refractivity contribution in [1.82, 2.24) is 0 Å². The third-order valence-corrected chi connectivity index (χ3v) is 6.83. The summed E-state index contributed by atoms with van der Waals surface area (Å²) in [6, 6.07) is 7.75. The van der Waals surface area contributed by atoms with Crippen LogP contribution in [-0.4, -0.2) is 32.4 Å². The third-order valence-electron chi connectivity index (χ3n) is 6.83. The number of carbonyl (C=O) groups is 2. The Labute approximate surface area is 254 Å². The molecular weight excluding hydrogens is 536 g/mol. The van der Waals surface area contributed by atoms with Gasteiger partial charge in [0.2, 0.25) is 0 Å². The minimum atomic E-state index is -0.798. The highest BCUT2D eigenvalue weighted by atomic mass is 32.1. The number of aromatic hydroxyl groups is 2. The molecule has 0 aliphatic carbocycles. The zero-order valence-electron chi connectivity index (χ0n) is 27.2. The first-order chi connectivity index (χ1) is 17.9. The maximum atomic E-state index is 10.8. The maximum Gasteiger partial charge on any atom is 0.303 e. The van der Waals surface area contributed by atoms with Crippen molar-refractivity contribution >= 4 is 25.4 Å². The van der Waals surface area contributed by atoms with Crippen LogP contribution in [0.1, 0.15) is 129 Å². The van der Waals surface area contributed by atoms with E-state index in [0.717, 1.165) is 33.4 Å². The lowest BCUT2D eigenvalue weighted by atomic mass is 9.78. The Morgan fingerprint density at radius 3 is 0.854 bits per heavy atom. The van der Waals surface area contributed by atoms with Gasteiger partial charge in [-0.3, -0.25) is 9.59 Å². The normalized spacial score (nSPS) is 12.2. The average molecular weight is 591 g/mol. The zero-order chi connectivity index (χ0) is 31.4. The average Bonchev–Trinajstić information content (AvgIpc) is 2.74. The summed E-state index contributed by atoms with van der Waals surface area (Å²) < 4.78 is 0. The molecule has 0 amide bonds. The first-order valence-electron chi connectivity index (χ1n) is 14.0. The van der Waals surface area contributed by atoms with Crippen molar-refractivity contribution < 1.29 is 30.0 Å². The molecule has 41 heavy (non-hydrogen) atoms. The Bertz CT molecular complexity index is 1040. The molecule has 232 valence electrons. The fourth-order valence-electron chi connectivity index (χ4n) is 4.47. The molecule has 6 nitrogen and oxygen atoms in total. The molecule has 0 aliphatic rings. The molecule has 0 aromatic heterocycles. The minimum Gasteiger partial charge on any atom is -0.507 e. The molecule has 0 spiro atoms. The maximum absolute atomic E-state index is 10.8.